The Morgan fingerprint density at radius 3 is 1.26 bits per heavy atom. The summed E-state index contributed by atoms with van der Waals surface area (Å²) >= 11 is 0. The lowest BCUT2D eigenvalue weighted by molar-refractivity contribution is 0.112. The Labute approximate surface area is 315 Å². The number of carbonyl (C=O) groups excluding carboxylic acids is 1. The van der Waals surface area contributed by atoms with Gasteiger partial charge in [0.05, 0.1) is 5.56 Å². The minimum absolute atomic E-state index is 0.0347. The van der Waals surface area contributed by atoms with Crippen molar-refractivity contribution in [2.24, 2.45) is 0 Å². The fourth-order valence-corrected chi connectivity index (χ4v) is 5.26. The van der Waals surface area contributed by atoms with E-state index >= 15 is 0 Å². The summed E-state index contributed by atoms with van der Waals surface area (Å²) in [6, 6.07) is 38.2. The molecule has 0 unspecified atom stereocenters. The van der Waals surface area contributed by atoms with Gasteiger partial charge < -0.3 is 10.2 Å². The van der Waals surface area contributed by atoms with Crippen molar-refractivity contribution in [1.29, 1.82) is 0 Å². The highest BCUT2D eigenvalue weighted by molar-refractivity contribution is 5.78. The number of nitrogens with zero attached hydrogens (tertiary/aromatic N) is 5. The molecule has 0 radical (unpaired) electrons. The number of hydrogen-bond donors (Lipinski definition) is 2. The largest absolute Gasteiger partial charge is 0.508 e. The Morgan fingerprint density at radius 1 is 0.491 bits per heavy atom. The maximum atomic E-state index is 10.1. The van der Waals surface area contributed by atoms with Crippen LogP contribution in [0.25, 0.3) is 0 Å². The molecule has 0 amide bonds. The SMILES string of the molecule is CC.O=Cc1ccccc1O.Oc1ccccc1CN(CCc1ccccn1)CCc1ccccn1.c1ccc(CCCCCc2ccccn2)nc1. The first-order valence-corrected chi connectivity index (χ1v) is 18.4. The molecular weight excluding hydrogens is 659 g/mol. The van der Waals surface area contributed by atoms with E-state index in [4.69, 9.17) is 5.11 Å². The molecule has 8 nitrogen and oxygen atoms in total. The number of carbonyl (C=O) groups is 1. The average molecular weight is 712 g/mol. The molecule has 0 saturated heterocycles. The number of pyridine rings is 4. The number of para-hydroxylation sites is 2. The van der Waals surface area contributed by atoms with Crippen LogP contribution in [0.5, 0.6) is 11.5 Å². The minimum Gasteiger partial charge on any atom is -0.508 e. The minimum atomic E-state index is 0.0347. The first kappa shape index (κ1) is 41.7. The van der Waals surface area contributed by atoms with Crippen LogP contribution in [0.4, 0.5) is 0 Å². The van der Waals surface area contributed by atoms with E-state index in [0.717, 1.165) is 55.7 Å². The molecule has 6 aromatic rings. The van der Waals surface area contributed by atoms with Crippen molar-refractivity contribution >= 4 is 6.29 Å². The lowest BCUT2D eigenvalue weighted by Crippen LogP contribution is -2.28. The fraction of sp³-hybridized carbons (Fsp3) is 0.267. The second kappa shape index (κ2) is 26.1. The highest BCUT2D eigenvalue weighted by Crippen LogP contribution is 2.18. The second-order valence-electron chi connectivity index (χ2n) is 11.9. The van der Waals surface area contributed by atoms with Crippen molar-refractivity contribution < 1.29 is 15.0 Å². The van der Waals surface area contributed by atoms with Gasteiger partial charge in [0.1, 0.15) is 11.5 Å². The summed E-state index contributed by atoms with van der Waals surface area (Å²) < 4.78 is 0. The highest BCUT2D eigenvalue weighted by Gasteiger charge is 2.10. The molecule has 0 spiro atoms. The average Bonchev–Trinajstić information content (AvgIpc) is 3.22. The summed E-state index contributed by atoms with van der Waals surface area (Å²) in [6.07, 6.45) is 15.6. The molecule has 0 aliphatic carbocycles. The molecule has 0 saturated carbocycles. The number of unbranched alkanes of at least 4 members (excludes halogenated alkanes) is 2. The van der Waals surface area contributed by atoms with Gasteiger partial charge in [-0.2, -0.15) is 0 Å². The first-order chi connectivity index (χ1) is 26.1. The number of benzene rings is 2. The van der Waals surface area contributed by atoms with Crippen LogP contribution in [0, 0.1) is 0 Å². The van der Waals surface area contributed by atoms with Crippen molar-refractivity contribution in [3.63, 3.8) is 0 Å². The number of rotatable bonds is 15. The Balaban J connectivity index is 0.000000232. The van der Waals surface area contributed by atoms with Gasteiger partial charge in [-0.3, -0.25) is 29.6 Å². The van der Waals surface area contributed by atoms with Gasteiger partial charge in [0, 0.05) is 85.6 Å². The third kappa shape index (κ3) is 17.4. The molecular formula is C45H53N5O3. The van der Waals surface area contributed by atoms with E-state index in [1.54, 1.807) is 24.3 Å². The van der Waals surface area contributed by atoms with E-state index in [1.807, 2.05) is 93.2 Å². The summed E-state index contributed by atoms with van der Waals surface area (Å²) in [5, 5.41) is 19.0. The van der Waals surface area contributed by atoms with Gasteiger partial charge in [0.2, 0.25) is 0 Å². The van der Waals surface area contributed by atoms with Gasteiger partial charge in [-0.25, -0.2) is 0 Å². The van der Waals surface area contributed by atoms with Crippen molar-refractivity contribution in [2.45, 2.75) is 65.3 Å². The molecule has 0 atom stereocenters. The molecule has 6 rings (SSSR count). The van der Waals surface area contributed by atoms with Crippen LogP contribution < -0.4 is 0 Å². The Morgan fingerprint density at radius 2 is 0.887 bits per heavy atom. The summed E-state index contributed by atoms with van der Waals surface area (Å²) in [7, 11) is 0. The van der Waals surface area contributed by atoms with E-state index in [0.29, 0.717) is 24.1 Å². The van der Waals surface area contributed by atoms with E-state index < -0.39 is 0 Å². The smallest absolute Gasteiger partial charge is 0.153 e. The summed E-state index contributed by atoms with van der Waals surface area (Å²) in [4.78, 5) is 29.9. The van der Waals surface area contributed by atoms with Crippen LogP contribution in [0.2, 0.25) is 0 Å². The summed E-state index contributed by atoms with van der Waals surface area (Å²) in [5.74, 6) is 0.385. The van der Waals surface area contributed by atoms with Crippen molar-refractivity contribution in [3.05, 3.63) is 180 Å². The molecule has 0 bridgehead atoms. The predicted molar refractivity (Wildman–Crippen MR) is 214 cm³/mol. The molecule has 4 aromatic heterocycles. The number of aldehydes is 1. The third-order valence-electron chi connectivity index (χ3n) is 8.09. The standard InChI is InChI=1S/C21H23N3O.C15H18N2.C7H6O2.C2H6/c25-21-10-2-1-7-18(21)17-24(15-11-19-8-3-5-13-22-19)16-12-20-9-4-6-14-23-20;1(2-8-14-10-4-6-12-16-14)3-9-15-11-5-7-13-17-15;8-5-6-3-1-2-4-7(6)9;1-2/h1-10,13-14,25H,11-12,15-17H2;4-7,10-13H,1-3,8-9H2;1-5,9H;1-2H3. The van der Waals surface area contributed by atoms with Gasteiger partial charge in [-0.15, -0.1) is 0 Å². The van der Waals surface area contributed by atoms with Crippen molar-refractivity contribution in [3.8, 4) is 11.5 Å². The predicted octanol–water partition coefficient (Wildman–Crippen LogP) is 9.13. The highest BCUT2D eigenvalue weighted by atomic mass is 16.3. The second-order valence-corrected chi connectivity index (χ2v) is 11.9. The lowest BCUT2D eigenvalue weighted by atomic mass is 10.1. The molecule has 0 aliphatic heterocycles. The molecule has 0 fully saturated rings. The zero-order valence-corrected chi connectivity index (χ0v) is 31.0. The van der Waals surface area contributed by atoms with Gasteiger partial charge >= 0.3 is 0 Å². The summed E-state index contributed by atoms with van der Waals surface area (Å²) in [5.41, 5.74) is 5.85. The van der Waals surface area contributed by atoms with Crippen molar-refractivity contribution in [2.75, 3.05) is 13.1 Å². The number of aromatic hydroxyl groups is 2. The van der Waals surface area contributed by atoms with Crippen LogP contribution in [0.1, 0.15) is 71.8 Å². The number of aromatic nitrogens is 4. The van der Waals surface area contributed by atoms with E-state index in [1.165, 1.54) is 36.7 Å². The number of hydrogen-bond acceptors (Lipinski definition) is 8. The number of aryl methyl sites for hydroxylation is 2. The van der Waals surface area contributed by atoms with Crippen LogP contribution in [0.3, 0.4) is 0 Å². The molecule has 2 aromatic carbocycles. The van der Waals surface area contributed by atoms with Crippen molar-refractivity contribution in [1.82, 2.24) is 24.8 Å². The maximum Gasteiger partial charge on any atom is 0.153 e. The zero-order chi connectivity index (χ0) is 37.8. The Hall–Kier alpha value is -5.73. The van der Waals surface area contributed by atoms with Crippen LogP contribution >= 0.6 is 0 Å². The van der Waals surface area contributed by atoms with E-state index in [2.05, 4.69) is 61.2 Å². The third-order valence-corrected chi connectivity index (χ3v) is 8.09. The monoisotopic (exact) mass is 711 g/mol. The molecule has 8 heteroatoms. The topological polar surface area (TPSA) is 112 Å². The van der Waals surface area contributed by atoms with Crippen LogP contribution in [-0.4, -0.2) is 54.4 Å². The van der Waals surface area contributed by atoms with Gasteiger partial charge in [0.25, 0.3) is 0 Å². The van der Waals surface area contributed by atoms with Crippen LogP contribution in [0.15, 0.2) is 146 Å². The van der Waals surface area contributed by atoms with Crippen LogP contribution in [-0.2, 0) is 32.2 Å². The molecule has 0 aliphatic rings. The van der Waals surface area contributed by atoms with Gasteiger partial charge in [0.15, 0.2) is 6.29 Å². The lowest BCUT2D eigenvalue weighted by Gasteiger charge is -2.22. The fourth-order valence-electron chi connectivity index (χ4n) is 5.26. The molecule has 53 heavy (non-hydrogen) atoms. The zero-order valence-electron chi connectivity index (χ0n) is 31.0. The number of phenols is 2. The Kier molecular flexibility index (Phi) is 20.5. The normalized spacial score (nSPS) is 10.1. The molecule has 276 valence electrons. The number of phenolic OH excluding ortho intramolecular Hbond substituents is 2. The Bertz CT molecular complexity index is 1710. The molecule has 4 heterocycles. The van der Waals surface area contributed by atoms with E-state index in [9.17, 15) is 9.90 Å². The van der Waals surface area contributed by atoms with Gasteiger partial charge in [-0.1, -0.05) is 74.9 Å². The quantitative estimate of drug-likeness (QED) is 0.0802. The van der Waals surface area contributed by atoms with Gasteiger partial charge in [-0.05, 0) is 92.4 Å². The first-order valence-electron chi connectivity index (χ1n) is 18.4. The molecule has 2 N–H and O–H groups in total. The van der Waals surface area contributed by atoms with E-state index in [-0.39, 0.29) is 5.75 Å². The summed E-state index contributed by atoms with van der Waals surface area (Å²) in [6.45, 7) is 6.49. The maximum absolute atomic E-state index is 10.1.